The molecule has 0 saturated carbocycles. The second-order valence-corrected chi connectivity index (χ2v) is 5.44. The first kappa shape index (κ1) is 15.4. The zero-order chi connectivity index (χ0) is 13.2. The molecule has 0 aliphatic rings. The van der Waals surface area contributed by atoms with Gasteiger partial charge >= 0.3 is 5.97 Å². The molecule has 0 aromatic heterocycles. The Morgan fingerprint density at radius 3 is 2.78 bits per heavy atom. The number of esters is 1. The van der Waals surface area contributed by atoms with Crippen molar-refractivity contribution in [2.24, 2.45) is 0 Å². The van der Waals surface area contributed by atoms with Crippen LogP contribution in [-0.2, 0) is 9.53 Å². The highest BCUT2D eigenvalue weighted by molar-refractivity contribution is 7.99. The number of rotatable bonds is 8. The van der Waals surface area contributed by atoms with Crippen molar-refractivity contribution < 1.29 is 9.53 Å². The van der Waals surface area contributed by atoms with Gasteiger partial charge in [-0.2, -0.15) is 0 Å². The van der Waals surface area contributed by atoms with Gasteiger partial charge < -0.3 is 4.74 Å². The summed E-state index contributed by atoms with van der Waals surface area (Å²) < 4.78 is 4.87. The van der Waals surface area contributed by atoms with Gasteiger partial charge in [0.15, 0.2) is 0 Å². The maximum absolute atomic E-state index is 11.1. The maximum atomic E-state index is 11.1. The fourth-order valence-electron chi connectivity index (χ4n) is 1.53. The molecular formula is C14H19ClO2S. The number of hydrogen-bond acceptors (Lipinski definition) is 3. The molecule has 0 fully saturated rings. The van der Waals surface area contributed by atoms with Crippen molar-refractivity contribution in [3.05, 3.63) is 29.3 Å². The van der Waals surface area contributed by atoms with E-state index in [1.807, 2.05) is 31.2 Å². The van der Waals surface area contributed by atoms with Crippen molar-refractivity contribution in [3.8, 4) is 0 Å². The first-order valence-corrected chi connectivity index (χ1v) is 7.63. The van der Waals surface area contributed by atoms with Crippen molar-refractivity contribution >= 4 is 29.3 Å². The molecule has 4 heteroatoms. The van der Waals surface area contributed by atoms with Crippen LogP contribution in [0.2, 0.25) is 5.02 Å². The molecule has 0 unspecified atom stereocenters. The van der Waals surface area contributed by atoms with E-state index in [1.165, 1.54) is 0 Å². The van der Waals surface area contributed by atoms with Crippen molar-refractivity contribution in [1.82, 2.24) is 0 Å². The molecule has 0 amide bonds. The summed E-state index contributed by atoms with van der Waals surface area (Å²) in [6, 6.07) is 7.87. The monoisotopic (exact) mass is 286 g/mol. The van der Waals surface area contributed by atoms with E-state index in [2.05, 4.69) is 0 Å². The van der Waals surface area contributed by atoms with E-state index in [0.29, 0.717) is 13.0 Å². The minimum Gasteiger partial charge on any atom is -0.466 e. The molecule has 0 spiro atoms. The number of hydrogen-bond donors (Lipinski definition) is 0. The van der Waals surface area contributed by atoms with Gasteiger partial charge in [0.1, 0.15) is 0 Å². The lowest BCUT2D eigenvalue weighted by molar-refractivity contribution is -0.143. The average Bonchev–Trinajstić information content (AvgIpc) is 2.36. The number of carbonyl (C=O) groups is 1. The predicted molar refractivity (Wildman–Crippen MR) is 77.3 cm³/mol. The molecule has 1 rings (SSSR count). The highest BCUT2D eigenvalue weighted by Gasteiger charge is 2.02. The van der Waals surface area contributed by atoms with Gasteiger partial charge in [-0.1, -0.05) is 30.2 Å². The van der Waals surface area contributed by atoms with Crippen molar-refractivity contribution in [2.75, 3.05) is 12.4 Å². The Kier molecular flexibility index (Phi) is 7.94. The Bertz CT molecular complexity index is 369. The molecule has 0 N–H and O–H groups in total. The molecule has 2 nitrogen and oxygen atoms in total. The van der Waals surface area contributed by atoms with Gasteiger partial charge in [0.05, 0.1) is 11.6 Å². The second kappa shape index (κ2) is 9.29. The zero-order valence-corrected chi connectivity index (χ0v) is 12.2. The highest BCUT2D eigenvalue weighted by Crippen LogP contribution is 2.27. The highest BCUT2D eigenvalue weighted by atomic mass is 35.5. The molecule has 0 radical (unpaired) electrons. The van der Waals surface area contributed by atoms with Crippen LogP contribution in [0, 0.1) is 0 Å². The van der Waals surface area contributed by atoms with Crippen LogP contribution in [0.1, 0.15) is 32.6 Å². The van der Waals surface area contributed by atoms with E-state index in [0.717, 1.165) is 34.9 Å². The lowest BCUT2D eigenvalue weighted by Gasteiger charge is -2.04. The number of ether oxygens (including phenoxy) is 1. The molecular weight excluding hydrogens is 268 g/mol. The van der Waals surface area contributed by atoms with E-state index in [-0.39, 0.29) is 5.97 Å². The van der Waals surface area contributed by atoms with E-state index in [9.17, 15) is 4.79 Å². The quantitative estimate of drug-likeness (QED) is 0.398. The molecule has 0 heterocycles. The third-order valence-corrected chi connectivity index (χ3v) is 4.03. The van der Waals surface area contributed by atoms with Crippen molar-refractivity contribution in [3.63, 3.8) is 0 Å². The van der Waals surface area contributed by atoms with Gasteiger partial charge in [0.2, 0.25) is 0 Å². The van der Waals surface area contributed by atoms with Crippen LogP contribution in [0.15, 0.2) is 29.2 Å². The average molecular weight is 287 g/mol. The van der Waals surface area contributed by atoms with Gasteiger partial charge in [-0.3, -0.25) is 4.79 Å². The van der Waals surface area contributed by atoms with Crippen LogP contribution in [0.5, 0.6) is 0 Å². The van der Waals surface area contributed by atoms with E-state index < -0.39 is 0 Å². The van der Waals surface area contributed by atoms with Crippen LogP contribution in [-0.4, -0.2) is 18.3 Å². The van der Waals surface area contributed by atoms with Gasteiger partial charge in [-0.15, -0.1) is 11.8 Å². The Morgan fingerprint density at radius 2 is 2.06 bits per heavy atom. The Morgan fingerprint density at radius 1 is 1.28 bits per heavy atom. The smallest absolute Gasteiger partial charge is 0.305 e. The summed E-state index contributed by atoms with van der Waals surface area (Å²) in [5.74, 6) is 0.947. The molecule has 0 aliphatic carbocycles. The second-order valence-electron chi connectivity index (χ2n) is 3.89. The molecule has 0 bridgehead atoms. The largest absolute Gasteiger partial charge is 0.466 e. The molecule has 1 aromatic rings. The fraction of sp³-hybridized carbons (Fsp3) is 0.500. The first-order chi connectivity index (χ1) is 8.74. The molecule has 100 valence electrons. The minimum atomic E-state index is -0.0868. The Hall–Kier alpha value is -0.670. The third kappa shape index (κ3) is 6.31. The van der Waals surface area contributed by atoms with E-state index >= 15 is 0 Å². The summed E-state index contributed by atoms with van der Waals surface area (Å²) in [5.41, 5.74) is 0. The van der Waals surface area contributed by atoms with Crippen LogP contribution in [0.4, 0.5) is 0 Å². The van der Waals surface area contributed by atoms with Crippen molar-refractivity contribution in [1.29, 1.82) is 0 Å². The van der Waals surface area contributed by atoms with Crippen LogP contribution in [0.25, 0.3) is 0 Å². The maximum Gasteiger partial charge on any atom is 0.305 e. The minimum absolute atomic E-state index is 0.0868. The Labute approximate surface area is 118 Å². The summed E-state index contributed by atoms with van der Waals surface area (Å²) in [7, 11) is 0. The number of unbranched alkanes of at least 4 members (excludes halogenated alkanes) is 2. The zero-order valence-electron chi connectivity index (χ0n) is 10.7. The molecule has 0 aliphatic heterocycles. The first-order valence-electron chi connectivity index (χ1n) is 6.27. The van der Waals surface area contributed by atoms with E-state index in [1.54, 1.807) is 11.8 Å². The van der Waals surface area contributed by atoms with Crippen LogP contribution in [0.3, 0.4) is 0 Å². The normalized spacial score (nSPS) is 10.3. The lowest BCUT2D eigenvalue weighted by atomic mass is 10.2. The number of thioether (sulfide) groups is 1. The fourth-order valence-corrected chi connectivity index (χ4v) is 2.77. The summed E-state index contributed by atoms with van der Waals surface area (Å²) in [6.45, 7) is 2.30. The summed E-state index contributed by atoms with van der Waals surface area (Å²) in [6.07, 6.45) is 3.58. The van der Waals surface area contributed by atoms with Gasteiger partial charge in [-0.05, 0) is 37.7 Å². The van der Waals surface area contributed by atoms with E-state index in [4.69, 9.17) is 16.3 Å². The molecule has 18 heavy (non-hydrogen) atoms. The summed E-state index contributed by atoms with van der Waals surface area (Å²) in [4.78, 5) is 12.2. The third-order valence-electron chi connectivity index (χ3n) is 2.42. The number of benzene rings is 1. The van der Waals surface area contributed by atoms with Gasteiger partial charge in [-0.25, -0.2) is 0 Å². The van der Waals surface area contributed by atoms with Crippen molar-refractivity contribution in [2.45, 2.75) is 37.5 Å². The molecule has 1 aromatic carbocycles. The molecule has 0 saturated heterocycles. The SMILES string of the molecule is CCOC(=O)CCCCCSc1ccccc1Cl. The molecule has 0 atom stereocenters. The number of carbonyl (C=O) groups excluding carboxylic acids is 1. The van der Waals surface area contributed by atoms with Gasteiger partial charge in [0, 0.05) is 11.3 Å². The van der Waals surface area contributed by atoms with Gasteiger partial charge in [0.25, 0.3) is 0 Å². The van der Waals surface area contributed by atoms with Crippen LogP contribution >= 0.6 is 23.4 Å². The summed E-state index contributed by atoms with van der Waals surface area (Å²) in [5, 5.41) is 0.814. The lowest BCUT2D eigenvalue weighted by Crippen LogP contribution is -2.03. The summed E-state index contributed by atoms with van der Waals surface area (Å²) >= 11 is 7.83. The standard InChI is InChI=1S/C14H19ClO2S/c1-2-17-14(16)10-4-3-7-11-18-13-9-6-5-8-12(13)15/h5-6,8-9H,2-4,7,10-11H2,1H3. The predicted octanol–water partition coefficient (Wildman–Crippen LogP) is 4.56. The Balaban J connectivity index is 2.06. The van der Waals surface area contributed by atoms with Crippen LogP contribution < -0.4 is 0 Å². The number of halogens is 1. The topological polar surface area (TPSA) is 26.3 Å².